The van der Waals surface area contributed by atoms with Gasteiger partial charge in [0.05, 0.1) is 17.1 Å². The van der Waals surface area contributed by atoms with Gasteiger partial charge < -0.3 is 9.84 Å². The number of aliphatic hydroxyl groups is 1. The van der Waals surface area contributed by atoms with Crippen LogP contribution in [0.25, 0.3) is 0 Å². The molecule has 1 heterocycles. The van der Waals surface area contributed by atoms with E-state index in [0.717, 1.165) is 18.2 Å². The van der Waals surface area contributed by atoms with Gasteiger partial charge in [-0.15, -0.1) is 0 Å². The van der Waals surface area contributed by atoms with E-state index >= 15 is 0 Å². The van der Waals surface area contributed by atoms with Gasteiger partial charge in [-0.2, -0.15) is 13.2 Å². The van der Waals surface area contributed by atoms with Crippen molar-refractivity contribution in [1.82, 2.24) is 4.72 Å². The minimum absolute atomic E-state index is 0.148. The van der Waals surface area contributed by atoms with Crippen molar-refractivity contribution < 1.29 is 31.4 Å². The smallest absolute Gasteiger partial charge is 0.416 e. The lowest BCUT2D eigenvalue weighted by molar-refractivity contribution is -0.137. The summed E-state index contributed by atoms with van der Waals surface area (Å²) in [6.07, 6.45) is -4.50. The summed E-state index contributed by atoms with van der Waals surface area (Å²) in [6.45, 7) is -0.190. The summed E-state index contributed by atoms with van der Waals surface area (Å²) in [5, 5.41) is 10.8. The maximum absolute atomic E-state index is 12.8. The number of alkyl halides is 3. The summed E-state index contributed by atoms with van der Waals surface area (Å²) in [4.78, 5) is -0.517. The van der Waals surface area contributed by atoms with E-state index in [0.29, 0.717) is 17.4 Å². The molecule has 1 atom stereocenters. The molecule has 2 N–H and O–H groups in total. The van der Waals surface area contributed by atoms with Gasteiger partial charge in [-0.05, 0) is 24.3 Å². The fourth-order valence-corrected chi connectivity index (χ4v) is 3.90. The van der Waals surface area contributed by atoms with Gasteiger partial charge in [0.25, 0.3) is 0 Å². The standard InChI is InChI=1S/C17H16F3NO4S/c18-17(19,20)12-4-3-5-13(10-12)26(23,24)21-11-16(22)8-9-25-15-7-2-1-6-14(15)16/h1-7,10,21-22H,8-9,11H2. The molecule has 9 heteroatoms. The molecule has 1 aliphatic rings. The summed E-state index contributed by atoms with van der Waals surface area (Å²) in [5.74, 6) is 0.444. The van der Waals surface area contributed by atoms with E-state index in [-0.39, 0.29) is 19.6 Å². The molecule has 0 aliphatic carbocycles. The second-order valence-corrected chi connectivity index (χ2v) is 7.74. The lowest BCUT2D eigenvalue weighted by atomic mass is 9.88. The molecule has 0 aromatic heterocycles. The average molecular weight is 387 g/mol. The Morgan fingerprint density at radius 2 is 1.88 bits per heavy atom. The maximum atomic E-state index is 12.8. The first-order valence-electron chi connectivity index (χ1n) is 7.73. The Kier molecular flexibility index (Phi) is 4.72. The molecular formula is C17H16F3NO4S. The summed E-state index contributed by atoms with van der Waals surface area (Å²) >= 11 is 0. The zero-order valence-corrected chi connectivity index (χ0v) is 14.3. The SMILES string of the molecule is O=S(=O)(NCC1(O)CCOc2ccccc21)c1cccc(C(F)(F)F)c1. The fourth-order valence-electron chi connectivity index (χ4n) is 2.76. The molecule has 1 unspecified atom stereocenters. The number of rotatable bonds is 4. The quantitative estimate of drug-likeness (QED) is 0.846. The third kappa shape index (κ3) is 3.69. The summed E-state index contributed by atoms with van der Waals surface area (Å²) < 4.78 is 70.8. The molecule has 26 heavy (non-hydrogen) atoms. The first kappa shape index (κ1) is 18.7. The molecule has 140 valence electrons. The van der Waals surface area contributed by atoms with Gasteiger partial charge in [0.1, 0.15) is 11.4 Å². The molecule has 0 spiro atoms. The molecule has 2 aromatic rings. The predicted octanol–water partition coefficient (Wildman–Crippen LogP) is 2.65. The molecule has 2 aromatic carbocycles. The average Bonchev–Trinajstić information content (AvgIpc) is 2.60. The molecule has 0 fully saturated rings. The fraction of sp³-hybridized carbons (Fsp3) is 0.294. The van der Waals surface area contributed by atoms with Gasteiger partial charge >= 0.3 is 6.18 Å². The number of hydrogen-bond donors (Lipinski definition) is 2. The van der Waals surface area contributed by atoms with Gasteiger partial charge in [-0.1, -0.05) is 24.3 Å². The third-order valence-electron chi connectivity index (χ3n) is 4.19. The van der Waals surface area contributed by atoms with Gasteiger partial charge in [-0.3, -0.25) is 0 Å². The molecule has 0 saturated carbocycles. The van der Waals surface area contributed by atoms with Crippen LogP contribution in [-0.2, 0) is 21.8 Å². The van der Waals surface area contributed by atoms with E-state index in [2.05, 4.69) is 4.72 Å². The molecule has 3 rings (SSSR count). The topological polar surface area (TPSA) is 75.6 Å². The highest BCUT2D eigenvalue weighted by Crippen LogP contribution is 2.36. The Balaban J connectivity index is 1.84. The zero-order chi connectivity index (χ0) is 19.0. The van der Waals surface area contributed by atoms with Crippen LogP contribution in [0, 0.1) is 0 Å². The Hall–Kier alpha value is -2.10. The molecule has 0 saturated heterocycles. The van der Waals surface area contributed by atoms with Crippen LogP contribution >= 0.6 is 0 Å². The second kappa shape index (κ2) is 6.57. The van der Waals surface area contributed by atoms with Crippen molar-refractivity contribution in [3.8, 4) is 5.75 Å². The highest BCUT2D eigenvalue weighted by Gasteiger charge is 2.37. The van der Waals surface area contributed by atoms with Crippen molar-refractivity contribution in [2.24, 2.45) is 0 Å². The maximum Gasteiger partial charge on any atom is 0.416 e. The molecule has 0 amide bonds. The molecule has 5 nitrogen and oxygen atoms in total. The summed E-state index contributed by atoms with van der Waals surface area (Å²) in [6, 6.07) is 10.1. The summed E-state index contributed by atoms with van der Waals surface area (Å²) in [5.41, 5.74) is -2.14. The van der Waals surface area contributed by atoms with E-state index < -0.39 is 32.3 Å². The van der Waals surface area contributed by atoms with Crippen molar-refractivity contribution in [3.63, 3.8) is 0 Å². The third-order valence-corrected chi connectivity index (χ3v) is 5.59. The van der Waals surface area contributed by atoms with Crippen molar-refractivity contribution in [1.29, 1.82) is 0 Å². The Morgan fingerprint density at radius 3 is 2.62 bits per heavy atom. The number of benzene rings is 2. The lowest BCUT2D eigenvalue weighted by Crippen LogP contribution is -2.43. The van der Waals surface area contributed by atoms with Crippen molar-refractivity contribution in [3.05, 3.63) is 59.7 Å². The largest absolute Gasteiger partial charge is 0.493 e. The molecule has 0 radical (unpaired) electrons. The number of sulfonamides is 1. The van der Waals surface area contributed by atoms with Gasteiger partial charge in [0, 0.05) is 18.5 Å². The van der Waals surface area contributed by atoms with Crippen LogP contribution < -0.4 is 9.46 Å². The Morgan fingerprint density at radius 1 is 1.15 bits per heavy atom. The highest BCUT2D eigenvalue weighted by atomic mass is 32.2. The van der Waals surface area contributed by atoms with Gasteiger partial charge in [-0.25, -0.2) is 13.1 Å². The number of ether oxygens (including phenoxy) is 1. The Bertz CT molecular complexity index is 914. The zero-order valence-electron chi connectivity index (χ0n) is 13.5. The van der Waals surface area contributed by atoms with E-state index in [4.69, 9.17) is 4.74 Å². The minimum Gasteiger partial charge on any atom is -0.493 e. The molecular weight excluding hydrogens is 371 g/mol. The highest BCUT2D eigenvalue weighted by molar-refractivity contribution is 7.89. The normalized spacial score (nSPS) is 20.3. The van der Waals surface area contributed by atoms with Crippen molar-refractivity contribution in [2.45, 2.75) is 23.1 Å². The van der Waals surface area contributed by atoms with Crippen LogP contribution in [0.1, 0.15) is 17.5 Å². The summed E-state index contributed by atoms with van der Waals surface area (Å²) in [7, 11) is -4.23. The number of halogens is 3. The lowest BCUT2D eigenvalue weighted by Gasteiger charge is -2.34. The second-order valence-electron chi connectivity index (χ2n) is 5.98. The Labute approximate surface area is 148 Å². The first-order chi connectivity index (χ1) is 12.1. The van der Waals surface area contributed by atoms with E-state index in [9.17, 15) is 26.7 Å². The van der Waals surface area contributed by atoms with Crippen LogP contribution in [-0.4, -0.2) is 26.7 Å². The number of nitrogens with one attached hydrogen (secondary N) is 1. The van der Waals surface area contributed by atoms with Crippen LogP contribution in [0.5, 0.6) is 5.75 Å². The predicted molar refractivity (Wildman–Crippen MR) is 87.1 cm³/mol. The van der Waals surface area contributed by atoms with Crippen LogP contribution in [0.3, 0.4) is 0 Å². The van der Waals surface area contributed by atoms with Crippen molar-refractivity contribution in [2.75, 3.05) is 13.2 Å². The molecule has 1 aliphatic heterocycles. The first-order valence-corrected chi connectivity index (χ1v) is 9.22. The van der Waals surface area contributed by atoms with E-state index in [1.165, 1.54) is 0 Å². The van der Waals surface area contributed by atoms with Crippen LogP contribution in [0.2, 0.25) is 0 Å². The molecule has 0 bridgehead atoms. The van der Waals surface area contributed by atoms with Gasteiger partial charge in [0.15, 0.2) is 0 Å². The van der Waals surface area contributed by atoms with E-state index in [1.807, 2.05) is 0 Å². The van der Waals surface area contributed by atoms with Gasteiger partial charge in [0.2, 0.25) is 10.0 Å². The van der Waals surface area contributed by atoms with E-state index in [1.54, 1.807) is 24.3 Å². The van der Waals surface area contributed by atoms with Crippen molar-refractivity contribution >= 4 is 10.0 Å². The number of fused-ring (bicyclic) bond motifs is 1. The van der Waals surface area contributed by atoms with Crippen LogP contribution in [0.15, 0.2) is 53.4 Å². The monoisotopic (exact) mass is 387 g/mol. The van der Waals surface area contributed by atoms with Crippen LogP contribution in [0.4, 0.5) is 13.2 Å². The minimum atomic E-state index is -4.65. The number of para-hydroxylation sites is 1. The number of hydrogen-bond acceptors (Lipinski definition) is 4.